The fourth-order valence-corrected chi connectivity index (χ4v) is 4.06. The number of fused-ring (bicyclic) bond motifs is 1. The molecule has 1 aliphatic heterocycles. The first-order chi connectivity index (χ1) is 12.3. The molecule has 2 aromatic rings. The molecule has 1 spiro atoms. The molecule has 5 nitrogen and oxygen atoms in total. The summed E-state index contributed by atoms with van der Waals surface area (Å²) < 4.78 is 0. The first-order valence-corrected chi connectivity index (χ1v) is 9.33. The Kier molecular flexibility index (Phi) is 6.21. The van der Waals surface area contributed by atoms with Crippen LogP contribution in [0.2, 0.25) is 0 Å². The van der Waals surface area contributed by atoms with Crippen LogP contribution in [-0.2, 0) is 0 Å². The number of nitrogens with zero attached hydrogens (tertiary/aromatic N) is 3. The minimum atomic E-state index is 0. The number of aliphatic imine (C=N–C) groups is 1. The van der Waals surface area contributed by atoms with Crippen molar-refractivity contribution in [3.05, 3.63) is 36.4 Å². The second-order valence-electron chi connectivity index (χ2n) is 7.32. The van der Waals surface area contributed by atoms with Gasteiger partial charge in [-0.15, -0.1) is 24.0 Å². The molecular formula is C20H28IN5. The molecule has 0 amide bonds. The molecule has 1 aromatic carbocycles. The van der Waals surface area contributed by atoms with Gasteiger partial charge in [-0.25, -0.2) is 4.98 Å². The smallest absolute Gasteiger partial charge is 0.193 e. The van der Waals surface area contributed by atoms with Gasteiger partial charge in [0.1, 0.15) is 5.82 Å². The summed E-state index contributed by atoms with van der Waals surface area (Å²) in [5.74, 6) is 1.96. The third-order valence-corrected chi connectivity index (χ3v) is 5.68. The number of para-hydroxylation sites is 1. The van der Waals surface area contributed by atoms with Crippen molar-refractivity contribution in [2.24, 2.45) is 10.4 Å². The number of hydrogen-bond acceptors (Lipinski definition) is 3. The van der Waals surface area contributed by atoms with Gasteiger partial charge in [-0.1, -0.05) is 24.6 Å². The van der Waals surface area contributed by atoms with Crippen molar-refractivity contribution in [3.8, 4) is 0 Å². The molecular weight excluding hydrogens is 437 g/mol. The Morgan fingerprint density at radius 2 is 2.00 bits per heavy atom. The summed E-state index contributed by atoms with van der Waals surface area (Å²) in [5.41, 5.74) is 1.63. The summed E-state index contributed by atoms with van der Waals surface area (Å²) in [6, 6.07) is 12.3. The lowest BCUT2D eigenvalue weighted by Crippen LogP contribution is -2.43. The first-order valence-electron chi connectivity index (χ1n) is 9.33. The van der Waals surface area contributed by atoms with Gasteiger partial charge >= 0.3 is 0 Å². The molecule has 140 valence electrons. The molecule has 1 aliphatic carbocycles. The number of hydrogen-bond donors (Lipinski definition) is 2. The van der Waals surface area contributed by atoms with Crippen molar-refractivity contribution >= 4 is 46.7 Å². The Bertz CT molecular complexity index is 772. The molecule has 0 bridgehead atoms. The minimum Gasteiger partial charge on any atom is -0.368 e. The maximum atomic E-state index is 4.65. The number of rotatable bonds is 4. The average molecular weight is 465 g/mol. The Hall–Kier alpha value is -1.57. The number of aromatic nitrogens is 1. The molecule has 2 aliphatic rings. The van der Waals surface area contributed by atoms with Crippen molar-refractivity contribution in [1.29, 1.82) is 0 Å². The Morgan fingerprint density at radius 3 is 2.73 bits per heavy atom. The van der Waals surface area contributed by atoms with E-state index in [1.54, 1.807) is 0 Å². The fraction of sp³-hybridized carbons (Fsp3) is 0.500. The maximum Gasteiger partial charge on any atom is 0.193 e. The van der Waals surface area contributed by atoms with E-state index in [4.69, 9.17) is 0 Å². The van der Waals surface area contributed by atoms with Crippen molar-refractivity contribution in [1.82, 2.24) is 15.2 Å². The van der Waals surface area contributed by atoms with E-state index >= 15 is 0 Å². The lowest BCUT2D eigenvalue weighted by molar-refractivity contribution is 0.151. The summed E-state index contributed by atoms with van der Waals surface area (Å²) in [4.78, 5) is 11.5. The van der Waals surface area contributed by atoms with Crippen LogP contribution in [0, 0.1) is 5.41 Å². The number of likely N-dealkylation sites (tertiary alicyclic amines) is 1. The fourth-order valence-electron chi connectivity index (χ4n) is 4.06. The van der Waals surface area contributed by atoms with E-state index < -0.39 is 0 Å². The number of nitrogens with one attached hydrogen (secondary N) is 2. The van der Waals surface area contributed by atoms with Crippen LogP contribution in [0.4, 0.5) is 5.82 Å². The van der Waals surface area contributed by atoms with Crippen LogP contribution in [0.1, 0.15) is 25.7 Å². The second-order valence-corrected chi connectivity index (χ2v) is 7.32. The second kappa shape index (κ2) is 8.41. The number of benzene rings is 1. The maximum absolute atomic E-state index is 4.65. The molecule has 2 N–H and O–H groups in total. The third kappa shape index (κ3) is 4.05. The van der Waals surface area contributed by atoms with E-state index in [1.165, 1.54) is 37.6 Å². The molecule has 26 heavy (non-hydrogen) atoms. The molecule has 0 unspecified atom stereocenters. The largest absolute Gasteiger partial charge is 0.368 e. The van der Waals surface area contributed by atoms with E-state index in [9.17, 15) is 0 Å². The Morgan fingerprint density at radius 1 is 1.15 bits per heavy atom. The topological polar surface area (TPSA) is 52.6 Å². The highest BCUT2D eigenvalue weighted by molar-refractivity contribution is 14.0. The summed E-state index contributed by atoms with van der Waals surface area (Å²) >= 11 is 0. The van der Waals surface area contributed by atoms with Crippen LogP contribution >= 0.6 is 24.0 Å². The molecule has 1 saturated heterocycles. The molecule has 2 fully saturated rings. The lowest BCUT2D eigenvalue weighted by atomic mass is 9.68. The van der Waals surface area contributed by atoms with E-state index in [-0.39, 0.29) is 24.0 Å². The van der Waals surface area contributed by atoms with Crippen molar-refractivity contribution < 1.29 is 0 Å². The lowest BCUT2D eigenvalue weighted by Gasteiger charge is -2.38. The molecule has 1 saturated carbocycles. The predicted octanol–water partition coefficient (Wildman–Crippen LogP) is 3.72. The van der Waals surface area contributed by atoms with Gasteiger partial charge in [0.25, 0.3) is 0 Å². The van der Waals surface area contributed by atoms with Crippen LogP contribution < -0.4 is 10.6 Å². The molecule has 2 heterocycles. The molecule has 4 rings (SSSR count). The molecule has 0 atom stereocenters. The van der Waals surface area contributed by atoms with E-state index in [1.807, 2.05) is 31.3 Å². The summed E-state index contributed by atoms with van der Waals surface area (Å²) in [6.45, 7) is 3.97. The van der Waals surface area contributed by atoms with Crippen LogP contribution in [0.25, 0.3) is 10.9 Å². The average Bonchev–Trinajstić information content (AvgIpc) is 3.08. The van der Waals surface area contributed by atoms with Crippen LogP contribution in [0.3, 0.4) is 0 Å². The van der Waals surface area contributed by atoms with E-state index in [0.717, 1.165) is 36.9 Å². The van der Waals surface area contributed by atoms with Gasteiger partial charge in [-0.2, -0.15) is 0 Å². The highest BCUT2D eigenvalue weighted by Gasteiger charge is 2.43. The predicted molar refractivity (Wildman–Crippen MR) is 119 cm³/mol. The number of pyridine rings is 1. The zero-order valence-electron chi connectivity index (χ0n) is 15.4. The van der Waals surface area contributed by atoms with Gasteiger partial charge in [-0.3, -0.25) is 4.99 Å². The van der Waals surface area contributed by atoms with Gasteiger partial charge in [0.15, 0.2) is 5.96 Å². The molecule has 0 radical (unpaired) electrons. The highest BCUT2D eigenvalue weighted by atomic mass is 127. The molecule has 1 aromatic heterocycles. The van der Waals surface area contributed by atoms with Gasteiger partial charge in [0, 0.05) is 38.6 Å². The zero-order chi connectivity index (χ0) is 17.1. The van der Waals surface area contributed by atoms with Gasteiger partial charge < -0.3 is 15.5 Å². The summed E-state index contributed by atoms with van der Waals surface area (Å²) in [5, 5.41) is 8.06. The highest BCUT2D eigenvalue weighted by Crippen LogP contribution is 2.47. The quantitative estimate of drug-likeness (QED) is 0.313. The van der Waals surface area contributed by atoms with Crippen LogP contribution in [-0.4, -0.2) is 49.1 Å². The van der Waals surface area contributed by atoms with Crippen LogP contribution in [0.15, 0.2) is 41.4 Å². The monoisotopic (exact) mass is 465 g/mol. The normalized spacial score (nSPS) is 18.5. The van der Waals surface area contributed by atoms with Crippen molar-refractivity contribution in [3.63, 3.8) is 0 Å². The van der Waals surface area contributed by atoms with Crippen LogP contribution in [0.5, 0.6) is 0 Å². The van der Waals surface area contributed by atoms with Crippen molar-refractivity contribution in [2.75, 3.05) is 38.5 Å². The third-order valence-electron chi connectivity index (χ3n) is 5.68. The van der Waals surface area contributed by atoms with Crippen molar-refractivity contribution in [2.45, 2.75) is 25.7 Å². The number of halogens is 1. The first kappa shape index (κ1) is 19.2. The zero-order valence-corrected chi connectivity index (χ0v) is 17.7. The standard InChI is InChI=1S/C20H27N5.HI/c1-21-19(25-14-11-20(15-25)9-4-10-20)23-13-12-22-18-8-7-16-5-2-3-6-17(16)24-18;/h2-3,5-8H,4,9-15H2,1H3,(H,21,23)(H,22,24);1H. The van der Waals surface area contributed by atoms with Gasteiger partial charge in [0.05, 0.1) is 5.52 Å². The van der Waals surface area contributed by atoms with E-state index in [0.29, 0.717) is 5.41 Å². The van der Waals surface area contributed by atoms with E-state index in [2.05, 4.69) is 37.6 Å². The molecule has 6 heteroatoms. The number of anilines is 1. The Balaban J connectivity index is 0.00000196. The minimum absolute atomic E-state index is 0. The summed E-state index contributed by atoms with van der Waals surface area (Å²) in [7, 11) is 1.88. The number of guanidine groups is 1. The van der Waals surface area contributed by atoms with Gasteiger partial charge in [-0.05, 0) is 42.9 Å². The SMILES string of the molecule is CN=C(NCCNc1ccc2ccccc2n1)N1CCC2(CCC2)C1.I. The van der Waals surface area contributed by atoms with Gasteiger partial charge in [0.2, 0.25) is 0 Å². The Labute approximate surface area is 172 Å². The summed E-state index contributed by atoms with van der Waals surface area (Å²) in [6.07, 6.45) is 5.53.